The standard InChI is InChI=1S/C16H15BrN4O2S/c1-2-14-20-21-16(24-14)19-15(22)12(10-18)9-11-5-3-4-6-13(11)23-8-7-17/h3-6,9H,2,7-8H2,1H3,(H,19,21,22). The Bertz CT molecular complexity index is 782. The van der Waals surface area contributed by atoms with Crippen molar-refractivity contribution in [2.75, 3.05) is 17.3 Å². The number of benzene rings is 1. The lowest BCUT2D eigenvalue weighted by Gasteiger charge is -2.08. The van der Waals surface area contributed by atoms with Gasteiger partial charge in [0.05, 0.1) is 6.61 Å². The molecule has 0 aliphatic carbocycles. The van der Waals surface area contributed by atoms with E-state index in [0.717, 1.165) is 11.4 Å². The molecule has 2 aromatic rings. The minimum Gasteiger partial charge on any atom is -0.492 e. The van der Waals surface area contributed by atoms with Crippen LogP contribution in [0, 0.1) is 11.3 Å². The van der Waals surface area contributed by atoms with Gasteiger partial charge in [0.2, 0.25) is 5.13 Å². The van der Waals surface area contributed by atoms with Crippen molar-refractivity contribution in [1.29, 1.82) is 5.26 Å². The summed E-state index contributed by atoms with van der Waals surface area (Å²) in [5, 5.41) is 21.6. The van der Waals surface area contributed by atoms with Gasteiger partial charge in [0.25, 0.3) is 5.91 Å². The maximum atomic E-state index is 12.3. The fraction of sp³-hybridized carbons (Fsp3) is 0.250. The summed E-state index contributed by atoms with van der Waals surface area (Å²) in [6, 6.07) is 9.14. The molecule has 0 aliphatic rings. The fourth-order valence-electron chi connectivity index (χ4n) is 1.80. The normalized spacial score (nSPS) is 11.0. The lowest BCUT2D eigenvalue weighted by atomic mass is 10.1. The Balaban J connectivity index is 2.19. The minimum atomic E-state index is -0.522. The molecule has 2 rings (SSSR count). The summed E-state index contributed by atoms with van der Waals surface area (Å²) in [4.78, 5) is 12.3. The Hall–Kier alpha value is -2.24. The highest BCUT2D eigenvalue weighted by atomic mass is 79.9. The number of ether oxygens (including phenoxy) is 1. The van der Waals surface area contributed by atoms with Crippen molar-refractivity contribution in [2.24, 2.45) is 0 Å². The molecule has 1 aromatic carbocycles. The molecule has 1 heterocycles. The molecule has 0 saturated carbocycles. The van der Waals surface area contributed by atoms with Gasteiger partial charge in [0.1, 0.15) is 22.4 Å². The van der Waals surface area contributed by atoms with Crippen molar-refractivity contribution in [3.8, 4) is 11.8 Å². The maximum Gasteiger partial charge on any atom is 0.268 e. The van der Waals surface area contributed by atoms with Crippen LogP contribution in [0.4, 0.5) is 5.13 Å². The van der Waals surface area contributed by atoms with Gasteiger partial charge in [-0.2, -0.15) is 5.26 Å². The van der Waals surface area contributed by atoms with Gasteiger partial charge in [0, 0.05) is 10.9 Å². The molecule has 0 radical (unpaired) electrons. The predicted molar refractivity (Wildman–Crippen MR) is 97.2 cm³/mol. The van der Waals surface area contributed by atoms with Crippen LogP contribution in [-0.2, 0) is 11.2 Å². The number of alkyl halides is 1. The number of aromatic nitrogens is 2. The van der Waals surface area contributed by atoms with Crippen LogP contribution in [0.3, 0.4) is 0 Å². The molecule has 1 N–H and O–H groups in total. The van der Waals surface area contributed by atoms with E-state index in [4.69, 9.17) is 4.74 Å². The third-order valence-electron chi connectivity index (χ3n) is 2.91. The fourth-order valence-corrected chi connectivity index (χ4v) is 2.63. The van der Waals surface area contributed by atoms with Crippen LogP contribution in [0.15, 0.2) is 29.8 Å². The first-order valence-electron chi connectivity index (χ1n) is 7.21. The summed E-state index contributed by atoms with van der Waals surface area (Å²) in [7, 11) is 0. The summed E-state index contributed by atoms with van der Waals surface area (Å²) in [6.07, 6.45) is 2.24. The molecule has 1 amide bonds. The van der Waals surface area contributed by atoms with Gasteiger partial charge in [-0.05, 0) is 18.6 Å². The summed E-state index contributed by atoms with van der Waals surface area (Å²) < 4.78 is 5.59. The van der Waals surface area contributed by atoms with Gasteiger partial charge in [-0.15, -0.1) is 10.2 Å². The van der Waals surface area contributed by atoms with E-state index in [0.29, 0.717) is 28.4 Å². The zero-order chi connectivity index (χ0) is 17.4. The van der Waals surface area contributed by atoms with Crippen molar-refractivity contribution in [2.45, 2.75) is 13.3 Å². The number of hydrogen-bond donors (Lipinski definition) is 1. The van der Waals surface area contributed by atoms with E-state index in [9.17, 15) is 10.1 Å². The lowest BCUT2D eigenvalue weighted by Crippen LogP contribution is -2.13. The Morgan fingerprint density at radius 1 is 1.46 bits per heavy atom. The summed E-state index contributed by atoms with van der Waals surface area (Å²) in [6.45, 7) is 2.44. The van der Waals surface area contributed by atoms with Gasteiger partial charge in [-0.25, -0.2) is 0 Å². The number of anilines is 1. The number of halogens is 1. The molecule has 24 heavy (non-hydrogen) atoms. The molecule has 8 heteroatoms. The summed E-state index contributed by atoms with van der Waals surface area (Å²) in [5.41, 5.74) is 0.634. The van der Waals surface area contributed by atoms with Crippen LogP contribution in [0.1, 0.15) is 17.5 Å². The van der Waals surface area contributed by atoms with Gasteiger partial charge in [-0.3, -0.25) is 10.1 Å². The lowest BCUT2D eigenvalue weighted by molar-refractivity contribution is -0.112. The number of hydrogen-bond acceptors (Lipinski definition) is 6. The number of rotatable bonds is 7. The zero-order valence-electron chi connectivity index (χ0n) is 13.0. The average Bonchev–Trinajstić information content (AvgIpc) is 3.06. The van der Waals surface area contributed by atoms with Crippen molar-refractivity contribution in [1.82, 2.24) is 10.2 Å². The quantitative estimate of drug-likeness (QED) is 0.432. The Morgan fingerprint density at radius 3 is 2.92 bits per heavy atom. The monoisotopic (exact) mass is 406 g/mol. The van der Waals surface area contributed by atoms with E-state index in [2.05, 4.69) is 31.4 Å². The van der Waals surface area contributed by atoms with Crippen molar-refractivity contribution in [3.05, 3.63) is 40.4 Å². The Labute approximate surface area is 152 Å². The SMILES string of the molecule is CCc1nnc(NC(=O)C(C#N)=Cc2ccccc2OCCBr)s1. The molecule has 0 aliphatic heterocycles. The third-order valence-corrected chi connectivity index (χ3v) is 4.22. The number of carbonyl (C=O) groups is 1. The second kappa shape index (κ2) is 9.15. The van der Waals surface area contributed by atoms with E-state index >= 15 is 0 Å². The Kier molecular flexibility index (Phi) is 6.90. The van der Waals surface area contributed by atoms with Gasteiger partial charge in [-0.1, -0.05) is 52.4 Å². The van der Waals surface area contributed by atoms with E-state index in [1.54, 1.807) is 12.1 Å². The largest absolute Gasteiger partial charge is 0.492 e. The molecule has 0 spiro atoms. The summed E-state index contributed by atoms with van der Waals surface area (Å²) in [5.74, 6) is 0.0910. The molecule has 0 fully saturated rings. The van der Waals surface area contributed by atoms with Gasteiger partial charge >= 0.3 is 0 Å². The Morgan fingerprint density at radius 2 is 2.25 bits per heavy atom. The number of amides is 1. The number of carbonyl (C=O) groups excluding carboxylic acids is 1. The number of para-hydroxylation sites is 1. The van der Waals surface area contributed by atoms with Crippen LogP contribution in [0.25, 0.3) is 6.08 Å². The van der Waals surface area contributed by atoms with Crippen LogP contribution in [0.2, 0.25) is 0 Å². The molecule has 6 nitrogen and oxygen atoms in total. The van der Waals surface area contributed by atoms with E-state index < -0.39 is 5.91 Å². The third kappa shape index (κ3) is 4.88. The molecule has 0 atom stereocenters. The zero-order valence-corrected chi connectivity index (χ0v) is 15.4. The van der Waals surface area contributed by atoms with Gasteiger partial charge < -0.3 is 4.74 Å². The topological polar surface area (TPSA) is 87.9 Å². The molecule has 0 unspecified atom stereocenters. The highest BCUT2D eigenvalue weighted by molar-refractivity contribution is 9.09. The second-order valence-electron chi connectivity index (χ2n) is 4.55. The smallest absolute Gasteiger partial charge is 0.268 e. The molecular formula is C16H15BrN4O2S. The molecule has 1 aromatic heterocycles. The average molecular weight is 407 g/mol. The first kappa shape index (κ1) is 18.1. The highest BCUT2D eigenvalue weighted by Crippen LogP contribution is 2.22. The molecule has 124 valence electrons. The highest BCUT2D eigenvalue weighted by Gasteiger charge is 2.13. The molecule has 0 saturated heterocycles. The molecule has 0 bridgehead atoms. The molecular weight excluding hydrogens is 392 g/mol. The van der Waals surface area contributed by atoms with Crippen molar-refractivity contribution in [3.63, 3.8) is 0 Å². The number of nitrogens with zero attached hydrogens (tertiary/aromatic N) is 3. The van der Waals surface area contributed by atoms with Crippen LogP contribution in [0.5, 0.6) is 5.75 Å². The number of nitriles is 1. The van der Waals surface area contributed by atoms with Gasteiger partial charge in [0.15, 0.2) is 0 Å². The van der Waals surface area contributed by atoms with Crippen molar-refractivity contribution < 1.29 is 9.53 Å². The van der Waals surface area contributed by atoms with Crippen LogP contribution < -0.4 is 10.1 Å². The van der Waals surface area contributed by atoms with Crippen LogP contribution >= 0.6 is 27.3 Å². The first-order chi connectivity index (χ1) is 11.7. The number of nitrogens with one attached hydrogen (secondary N) is 1. The van der Waals surface area contributed by atoms with E-state index in [1.807, 2.05) is 25.1 Å². The summed E-state index contributed by atoms with van der Waals surface area (Å²) >= 11 is 4.58. The second-order valence-corrected chi connectivity index (χ2v) is 6.41. The predicted octanol–water partition coefficient (Wildman–Crippen LogP) is 3.42. The minimum absolute atomic E-state index is 0.0295. The first-order valence-corrected chi connectivity index (χ1v) is 9.15. The van der Waals surface area contributed by atoms with Crippen LogP contribution in [-0.4, -0.2) is 28.0 Å². The maximum absolute atomic E-state index is 12.3. The van der Waals surface area contributed by atoms with Crippen molar-refractivity contribution >= 4 is 44.4 Å². The number of aryl methyl sites for hydroxylation is 1. The van der Waals surface area contributed by atoms with E-state index in [1.165, 1.54) is 17.4 Å². The van der Waals surface area contributed by atoms with E-state index in [-0.39, 0.29) is 5.57 Å².